The van der Waals surface area contributed by atoms with Crippen LogP contribution in [0.5, 0.6) is 11.5 Å². The smallest absolute Gasteiger partial charge is 0.409 e. The van der Waals surface area contributed by atoms with Gasteiger partial charge in [0.05, 0.1) is 37.0 Å². The van der Waals surface area contributed by atoms with Gasteiger partial charge in [0, 0.05) is 30.1 Å². The van der Waals surface area contributed by atoms with Gasteiger partial charge in [-0.1, -0.05) is 6.07 Å². The molecule has 2 aliphatic heterocycles. The third-order valence-electron chi connectivity index (χ3n) is 6.50. The van der Waals surface area contributed by atoms with Crippen molar-refractivity contribution in [3.8, 4) is 11.5 Å². The molecule has 198 valence electrons. The number of thiophene rings is 1. The highest BCUT2D eigenvalue weighted by atomic mass is 32.1. The van der Waals surface area contributed by atoms with Crippen molar-refractivity contribution in [2.24, 2.45) is 0 Å². The number of ketones is 1. The van der Waals surface area contributed by atoms with E-state index >= 15 is 0 Å². The van der Waals surface area contributed by atoms with Crippen LogP contribution in [-0.4, -0.2) is 71.6 Å². The number of hydrogen-bond donors (Lipinski definition) is 1. The maximum atomic E-state index is 13.4. The molecule has 0 aliphatic carbocycles. The molecule has 2 fully saturated rings. The van der Waals surface area contributed by atoms with E-state index < -0.39 is 17.7 Å². The Morgan fingerprint density at radius 1 is 1.05 bits per heavy atom. The third-order valence-corrected chi connectivity index (χ3v) is 7.42. The van der Waals surface area contributed by atoms with Gasteiger partial charge in [0.2, 0.25) is 0 Å². The number of hydrogen-bond acceptors (Lipinski definition) is 8. The van der Waals surface area contributed by atoms with Crippen LogP contribution in [0.2, 0.25) is 0 Å². The zero-order valence-corrected chi connectivity index (χ0v) is 22.1. The number of aliphatic hydroxyl groups excluding tert-OH is 1. The average Bonchev–Trinajstić information content (AvgIpc) is 3.51. The Labute approximate surface area is 220 Å². The van der Waals surface area contributed by atoms with Crippen LogP contribution in [-0.2, 0) is 14.3 Å². The second-order valence-corrected chi connectivity index (χ2v) is 9.64. The molecule has 0 bridgehead atoms. The van der Waals surface area contributed by atoms with Gasteiger partial charge in [-0.3, -0.25) is 9.59 Å². The molecule has 0 saturated carbocycles. The Balaban J connectivity index is 1.73. The first-order valence-corrected chi connectivity index (χ1v) is 13.4. The Morgan fingerprint density at radius 3 is 2.41 bits per heavy atom. The Hall–Kier alpha value is -3.53. The Kier molecular flexibility index (Phi) is 8.38. The maximum absolute atomic E-state index is 13.4. The van der Waals surface area contributed by atoms with Crippen molar-refractivity contribution in [1.82, 2.24) is 9.80 Å². The van der Waals surface area contributed by atoms with Crippen molar-refractivity contribution >= 4 is 34.9 Å². The minimum Gasteiger partial charge on any atom is -0.507 e. The topological polar surface area (TPSA) is 106 Å². The van der Waals surface area contributed by atoms with Gasteiger partial charge in [0.25, 0.3) is 11.7 Å². The Bertz CT molecular complexity index is 1170. The summed E-state index contributed by atoms with van der Waals surface area (Å²) in [6.45, 7) is 7.38. The molecule has 1 aromatic heterocycles. The highest BCUT2D eigenvalue weighted by Gasteiger charge is 2.50. The standard InChI is InChI=1S/C27H32N2O7S/c1-4-34-18-9-10-19(20(16-18)35-5-2)24(30)22-23(21-8-7-15-37-21)29(26(32)25(22)31)17-11-13-28(14-12-17)27(33)36-6-3/h7-10,15-17,23,30H,4-6,11-14H2,1-3H3/b24-22-. The number of ether oxygens (including phenoxy) is 3. The van der Waals surface area contributed by atoms with Gasteiger partial charge in [-0.05, 0) is 57.2 Å². The van der Waals surface area contributed by atoms with Crippen LogP contribution >= 0.6 is 11.3 Å². The number of benzene rings is 1. The molecule has 0 spiro atoms. The van der Waals surface area contributed by atoms with Gasteiger partial charge in [0.15, 0.2) is 0 Å². The van der Waals surface area contributed by atoms with E-state index in [0.29, 0.717) is 62.8 Å². The zero-order valence-electron chi connectivity index (χ0n) is 21.3. The van der Waals surface area contributed by atoms with Crippen LogP contribution in [0.25, 0.3) is 5.76 Å². The number of Topliss-reactive ketones (excluding diaryl/α,β-unsaturated/α-hetero) is 1. The molecule has 2 amide bonds. The molecule has 9 nitrogen and oxygen atoms in total. The highest BCUT2D eigenvalue weighted by molar-refractivity contribution is 7.10. The van der Waals surface area contributed by atoms with Crippen molar-refractivity contribution < 1.29 is 33.7 Å². The lowest BCUT2D eigenvalue weighted by Crippen LogP contribution is -2.48. The second-order valence-electron chi connectivity index (χ2n) is 8.66. The van der Waals surface area contributed by atoms with Crippen LogP contribution in [0.4, 0.5) is 4.79 Å². The molecule has 1 N–H and O–H groups in total. The monoisotopic (exact) mass is 528 g/mol. The minimum atomic E-state index is -0.736. The third kappa shape index (κ3) is 5.29. The van der Waals surface area contributed by atoms with Gasteiger partial charge in [-0.25, -0.2) is 4.79 Å². The number of carbonyl (C=O) groups is 3. The van der Waals surface area contributed by atoms with Gasteiger partial charge in [-0.15, -0.1) is 11.3 Å². The molecule has 0 radical (unpaired) electrons. The second kappa shape index (κ2) is 11.7. The summed E-state index contributed by atoms with van der Waals surface area (Å²) < 4.78 is 16.4. The molecule has 37 heavy (non-hydrogen) atoms. The van der Waals surface area contributed by atoms with Crippen LogP contribution < -0.4 is 9.47 Å². The number of piperidine rings is 1. The van der Waals surface area contributed by atoms with Gasteiger partial charge < -0.3 is 29.1 Å². The molecule has 1 aromatic carbocycles. The predicted molar refractivity (Wildman–Crippen MR) is 139 cm³/mol. The van der Waals surface area contributed by atoms with E-state index in [1.54, 1.807) is 34.9 Å². The van der Waals surface area contributed by atoms with Gasteiger partial charge in [0.1, 0.15) is 17.3 Å². The van der Waals surface area contributed by atoms with Crippen molar-refractivity contribution in [2.45, 2.75) is 45.7 Å². The lowest BCUT2D eigenvalue weighted by atomic mass is 9.97. The molecule has 2 aromatic rings. The normalized spacial score (nSPS) is 19.8. The molecular formula is C27H32N2O7S. The number of aliphatic hydroxyl groups is 1. The highest BCUT2D eigenvalue weighted by Crippen LogP contribution is 2.45. The van der Waals surface area contributed by atoms with E-state index in [9.17, 15) is 19.5 Å². The summed E-state index contributed by atoms with van der Waals surface area (Å²) in [6.07, 6.45) is 0.624. The lowest BCUT2D eigenvalue weighted by Gasteiger charge is -2.38. The number of nitrogens with zero attached hydrogens (tertiary/aromatic N) is 2. The molecule has 4 rings (SSSR count). The first-order chi connectivity index (χ1) is 17.9. The van der Waals surface area contributed by atoms with E-state index in [-0.39, 0.29) is 23.5 Å². The molecular weight excluding hydrogens is 496 g/mol. The fraction of sp³-hybridized carbons (Fsp3) is 0.444. The van der Waals surface area contributed by atoms with Crippen LogP contribution in [0.1, 0.15) is 50.1 Å². The van der Waals surface area contributed by atoms with E-state index in [2.05, 4.69) is 0 Å². The molecule has 2 saturated heterocycles. The van der Waals surface area contributed by atoms with Gasteiger partial charge in [-0.2, -0.15) is 0 Å². The van der Waals surface area contributed by atoms with Crippen molar-refractivity contribution in [3.05, 3.63) is 51.7 Å². The van der Waals surface area contributed by atoms with Crippen LogP contribution in [0.15, 0.2) is 41.3 Å². The average molecular weight is 529 g/mol. The summed E-state index contributed by atoms with van der Waals surface area (Å²) in [5.74, 6) is -0.732. The fourth-order valence-corrected chi connectivity index (χ4v) is 5.70. The van der Waals surface area contributed by atoms with Crippen molar-refractivity contribution in [2.75, 3.05) is 32.9 Å². The maximum Gasteiger partial charge on any atom is 0.409 e. The molecule has 1 unspecified atom stereocenters. The van der Waals surface area contributed by atoms with Crippen molar-refractivity contribution in [3.63, 3.8) is 0 Å². The minimum absolute atomic E-state index is 0.0328. The summed E-state index contributed by atoms with van der Waals surface area (Å²) in [6, 6.07) is 7.71. The number of rotatable bonds is 8. The van der Waals surface area contributed by atoms with Crippen LogP contribution in [0, 0.1) is 0 Å². The summed E-state index contributed by atoms with van der Waals surface area (Å²) in [7, 11) is 0. The largest absolute Gasteiger partial charge is 0.507 e. The molecule has 10 heteroatoms. The zero-order chi connectivity index (χ0) is 26.5. The SMILES string of the molecule is CCOC(=O)N1CCC(N2C(=O)C(=O)/C(=C(\O)c3ccc(OCC)cc3OCC)C2c2cccs2)CC1. The van der Waals surface area contributed by atoms with E-state index in [4.69, 9.17) is 14.2 Å². The van der Waals surface area contributed by atoms with Crippen molar-refractivity contribution in [1.29, 1.82) is 0 Å². The molecule has 3 heterocycles. The van der Waals surface area contributed by atoms with Gasteiger partial charge >= 0.3 is 6.09 Å². The summed E-state index contributed by atoms with van der Waals surface area (Å²) in [5.41, 5.74) is 0.354. The van der Waals surface area contributed by atoms with E-state index in [1.165, 1.54) is 11.3 Å². The van der Waals surface area contributed by atoms with E-state index in [0.717, 1.165) is 4.88 Å². The van der Waals surface area contributed by atoms with Crippen LogP contribution in [0.3, 0.4) is 0 Å². The summed E-state index contributed by atoms with van der Waals surface area (Å²) in [4.78, 5) is 42.9. The number of likely N-dealkylation sites (tertiary alicyclic amines) is 2. The number of carbonyl (C=O) groups excluding carboxylic acids is 3. The lowest BCUT2D eigenvalue weighted by molar-refractivity contribution is -0.142. The first kappa shape index (κ1) is 26.5. The van der Waals surface area contributed by atoms with E-state index in [1.807, 2.05) is 31.4 Å². The summed E-state index contributed by atoms with van der Waals surface area (Å²) in [5, 5.41) is 13.4. The Morgan fingerprint density at radius 2 is 1.78 bits per heavy atom. The number of amides is 2. The molecule has 2 aliphatic rings. The predicted octanol–water partition coefficient (Wildman–Crippen LogP) is 4.59. The fourth-order valence-electron chi connectivity index (χ4n) is 4.87. The quantitative estimate of drug-likeness (QED) is 0.304. The molecule has 1 atom stereocenters. The summed E-state index contributed by atoms with van der Waals surface area (Å²) >= 11 is 1.42. The first-order valence-electron chi connectivity index (χ1n) is 12.6.